The summed E-state index contributed by atoms with van der Waals surface area (Å²) in [5.74, 6) is 0.431. The van der Waals surface area contributed by atoms with E-state index in [0.717, 1.165) is 5.69 Å². The summed E-state index contributed by atoms with van der Waals surface area (Å²) in [4.78, 5) is 11.0. The van der Waals surface area contributed by atoms with E-state index in [1.54, 1.807) is 13.0 Å². The van der Waals surface area contributed by atoms with E-state index in [2.05, 4.69) is 10.5 Å². The largest absolute Gasteiger partial charge is 0.359 e. The Kier molecular flexibility index (Phi) is 3.02. The monoisotopic (exact) mass is 183 g/mol. The van der Waals surface area contributed by atoms with Gasteiger partial charge in [-0.3, -0.25) is 4.79 Å². The maximum absolute atomic E-state index is 11.0. The van der Waals surface area contributed by atoms with E-state index < -0.39 is 6.04 Å². The van der Waals surface area contributed by atoms with Crippen LogP contribution >= 0.6 is 0 Å². The molecule has 0 saturated heterocycles. The second kappa shape index (κ2) is 4.04. The lowest BCUT2D eigenvalue weighted by Crippen LogP contribution is -2.37. The summed E-state index contributed by atoms with van der Waals surface area (Å²) < 4.78 is 4.89. The molecule has 1 rings (SSSR count). The minimum absolute atomic E-state index is 0.200. The topological polar surface area (TPSA) is 81.2 Å². The number of amides is 1. The predicted octanol–water partition coefficient (Wildman–Crippen LogP) is -0.0536. The van der Waals surface area contributed by atoms with E-state index >= 15 is 0 Å². The second-order valence-corrected chi connectivity index (χ2v) is 2.94. The zero-order valence-corrected chi connectivity index (χ0v) is 7.70. The van der Waals surface area contributed by atoms with E-state index in [9.17, 15) is 4.79 Å². The van der Waals surface area contributed by atoms with Gasteiger partial charge in [0, 0.05) is 6.07 Å². The van der Waals surface area contributed by atoms with Crippen LogP contribution in [0.2, 0.25) is 0 Å². The van der Waals surface area contributed by atoms with Crippen molar-refractivity contribution >= 4 is 5.91 Å². The molecule has 1 atom stereocenters. The number of hydrogen-bond acceptors (Lipinski definition) is 4. The van der Waals surface area contributed by atoms with Crippen molar-refractivity contribution < 1.29 is 9.32 Å². The van der Waals surface area contributed by atoms with Gasteiger partial charge in [-0.2, -0.15) is 0 Å². The van der Waals surface area contributed by atoms with Gasteiger partial charge < -0.3 is 15.6 Å². The van der Waals surface area contributed by atoms with Gasteiger partial charge in [-0.1, -0.05) is 5.16 Å². The molecular formula is C8H13N3O2. The summed E-state index contributed by atoms with van der Waals surface area (Å²) in [6, 6.07) is 1.27. The van der Waals surface area contributed by atoms with Gasteiger partial charge in [-0.15, -0.1) is 0 Å². The van der Waals surface area contributed by atoms with E-state index in [0.29, 0.717) is 12.3 Å². The minimum Gasteiger partial charge on any atom is -0.359 e. The summed E-state index contributed by atoms with van der Waals surface area (Å²) in [6.07, 6.45) is 0. The van der Waals surface area contributed by atoms with Crippen LogP contribution in [0.1, 0.15) is 18.4 Å². The number of aryl methyl sites for hydroxylation is 1. The quantitative estimate of drug-likeness (QED) is 0.688. The lowest BCUT2D eigenvalue weighted by molar-refractivity contribution is -0.122. The number of nitrogens with two attached hydrogens (primary N) is 1. The standard InChI is InChI=1S/C8H13N3O2/c1-5-3-7(13-11-5)4-10-8(12)6(2)9/h3,6H,4,9H2,1-2H3,(H,10,12)/t6-/m1/s1. The zero-order valence-electron chi connectivity index (χ0n) is 7.70. The summed E-state index contributed by atoms with van der Waals surface area (Å²) >= 11 is 0. The van der Waals surface area contributed by atoms with Crippen molar-refractivity contribution in [3.05, 3.63) is 17.5 Å². The smallest absolute Gasteiger partial charge is 0.237 e. The van der Waals surface area contributed by atoms with Gasteiger partial charge in [-0.05, 0) is 13.8 Å². The number of hydrogen-bond donors (Lipinski definition) is 2. The van der Waals surface area contributed by atoms with Crippen LogP contribution in [0.5, 0.6) is 0 Å². The molecular weight excluding hydrogens is 170 g/mol. The molecule has 0 aliphatic rings. The van der Waals surface area contributed by atoms with Crippen molar-refractivity contribution in [2.75, 3.05) is 0 Å². The van der Waals surface area contributed by atoms with Crippen molar-refractivity contribution in [2.45, 2.75) is 26.4 Å². The second-order valence-electron chi connectivity index (χ2n) is 2.94. The highest BCUT2D eigenvalue weighted by Gasteiger charge is 2.07. The fraction of sp³-hybridized carbons (Fsp3) is 0.500. The van der Waals surface area contributed by atoms with Crippen molar-refractivity contribution in [2.24, 2.45) is 5.73 Å². The highest BCUT2D eigenvalue weighted by atomic mass is 16.5. The van der Waals surface area contributed by atoms with Gasteiger partial charge in [-0.25, -0.2) is 0 Å². The summed E-state index contributed by atoms with van der Waals surface area (Å²) in [5.41, 5.74) is 6.14. The Morgan fingerprint density at radius 1 is 1.85 bits per heavy atom. The van der Waals surface area contributed by atoms with Crippen molar-refractivity contribution in [1.29, 1.82) is 0 Å². The van der Waals surface area contributed by atoms with Gasteiger partial charge in [0.15, 0.2) is 5.76 Å². The Morgan fingerprint density at radius 3 is 3.00 bits per heavy atom. The lowest BCUT2D eigenvalue weighted by atomic mass is 10.3. The molecule has 0 radical (unpaired) electrons. The van der Waals surface area contributed by atoms with Crippen molar-refractivity contribution in [1.82, 2.24) is 10.5 Å². The molecule has 0 aliphatic heterocycles. The molecule has 3 N–H and O–H groups in total. The number of carbonyl (C=O) groups excluding carboxylic acids is 1. The average molecular weight is 183 g/mol. The van der Waals surface area contributed by atoms with E-state index in [-0.39, 0.29) is 5.91 Å². The number of aromatic nitrogens is 1. The van der Waals surface area contributed by atoms with E-state index in [1.165, 1.54) is 0 Å². The Balaban J connectivity index is 2.39. The molecule has 0 bridgehead atoms. The molecule has 0 aliphatic carbocycles. The number of nitrogens with one attached hydrogen (secondary N) is 1. The predicted molar refractivity (Wildman–Crippen MR) is 46.7 cm³/mol. The van der Waals surface area contributed by atoms with Gasteiger partial charge in [0.25, 0.3) is 0 Å². The van der Waals surface area contributed by atoms with Crippen LogP contribution in [0.25, 0.3) is 0 Å². The zero-order chi connectivity index (χ0) is 9.84. The van der Waals surface area contributed by atoms with Crippen LogP contribution in [0.3, 0.4) is 0 Å². The third-order valence-corrected chi connectivity index (χ3v) is 1.53. The SMILES string of the molecule is Cc1cc(CNC(=O)[C@@H](C)N)on1. The number of carbonyl (C=O) groups is 1. The first-order valence-corrected chi connectivity index (χ1v) is 4.05. The summed E-state index contributed by atoms with van der Waals surface area (Å²) in [6.45, 7) is 3.78. The molecule has 72 valence electrons. The Labute approximate surface area is 76.3 Å². The molecule has 1 aromatic heterocycles. The third kappa shape index (κ3) is 2.87. The molecule has 0 spiro atoms. The molecule has 5 nitrogen and oxygen atoms in total. The maximum Gasteiger partial charge on any atom is 0.237 e. The number of nitrogens with zero attached hydrogens (tertiary/aromatic N) is 1. The Hall–Kier alpha value is -1.36. The van der Waals surface area contributed by atoms with Gasteiger partial charge in [0.2, 0.25) is 5.91 Å². The van der Waals surface area contributed by atoms with Crippen LogP contribution in [0.15, 0.2) is 10.6 Å². The number of rotatable bonds is 3. The molecule has 1 heterocycles. The van der Waals surface area contributed by atoms with Gasteiger partial charge >= 0.3 is 0 Å². The van der Waals surface area contributed by atoms with E-state index in [1.807, 2.05) is 6.92 Å². The molecule has 0 aromatic carbocycles. The molecule has 0 saturated carbocycles. The molecule has 0 fully saturated rings. The molecule has 5 heteroatoms. The van der Waals surface area contributed by atoms with Crippen molar-refractivity contribution in [3.8, 4) is 0 Å². The van der Waals surface area contributed by atoms with Gasteiger partial charge in [0.1, 0.15) is 0 Å². The lowest BCUT2D eigenvalue weighted by Gasteiger charge is -2.04. The summed E-state index contributed by atoms with van der Waals surface area (Å²) in [5, 5.41) is 6.30. The van der Waals surface area contributed by atoms with Gasteiger partial charge in [0.05, 0.1) is 18.3 Å². The fourth-order valence-electron chi connectivity index (χ4n) is 0.835. The normalized spacial score (nSPS) is 12.5. The fourth-order valence-corrected chi connectivity index (χ4v) is 0.835. The molecule has 1 aromatic rings. The first-order valence-electron chi connectivity index (χ1n) is 4.05. The molecule has 1 amide bonds. The van der Waals surface area contributed by atoms with Crippen LogP contribution in [-0.2, 0) is 11.3 Å². The Morgan fingerprint density at radius 2 is 2.54 bits per heavy atom. The highest BCUT2D eigenvalue weighted by molar-refractivity contribution is 5.80. The van der Waals surface area contributed by atoms with E-state index in [4.69, 9.17) is 10.3 Å². The minimum atomic E-state index is -0.496. The third-order valence-electron chi connectivity index (χ3n) is 1.53. The van der Waals surface area contributed by atoms with Crippen molar-refractivity contribution in [3.63, 3.8) is 0 Å². The summed E-state index contributed by atoms with van der Waals surface area (Å²) in [7, 11) is 0. The van der Waals surface area contributed by atoms with Crippen LogP contribution in [0.4, 0.5) is 0 Å². The maximum atomic E-state index is 11.0. The Bertz CT molecular complexity index is 293. The average Bonchev–Trinajstić information content (AvgIpc) is 2.47. The van der Waals surface area contributed by atoms with Crippen LogP contribution in [-0.4, -0.2) is 17.1 Å². The first kappa shape index (κ1) is 9.73. The first-order chi connectivity index (χ1) is 6.09. The highest BCUT2D eigenvalue weighted by Crippen LogP contribution is 2.00. The van der Waals surface area contributed by atoms with Crippen LogP contribution in [0, 0.1) is 6.92 Å². The van der Waals surface area contributed by atoms with Crippen LogP contribution < -0.4 is 11.1 Å². The molecule has 13 heavy (non-hydrogen) atoms. The molecule has 0 unspecified atom stereocenters.